The van der Waals surface area contributed by atoms with Crippen LogP contribution in [0.25, 0.3) is 0 Å². The lowest BCUT2D eigenvalue weighted by atomic mass is 10.3. The Labute approximate surface area is 96.3 Å². The molecule has 1 aromatic rings. The van der Waals surface area contributed by atoms with Gasteiger partial charge in [0.1, 0.15) is 0 Å². The van der Waals surface area contributed by atoms with Crippen LogP contribution in [0, 0.1) is 0 Å². The van der Waals surface area contributed by atoms with E-state index in [1.807, 2.05) is 6.07 Å². The predicted molar refractivity (Wildman–Crippen MR) is 60.0 cm³/mol. The van der Waals surface area contributed by atoms with Gasteiger partial charge in [-0.2, -0.15) is 5.01 Å². The molecule has 1 aliphatic rings. The lowest BCUT2D eigenvalue weighted by Gasteiger charge is -2.14. The highest BCUT2D eigenvalue weighted by molar-refractivity contribution is 6.70. The van der Waals surface area contributed by atoms with Crippen LogP contribution in [-0.4, -0.2) is 16.1 Å². The van der Waals surface area contributed by atoms with Crippen LogP contribution in [0.3, 0.4) is 0 Å². The van der Waals surface area contributed by atoms with Crippen LogP contribution in [0.15, 0.2) is 35.4 Å². The summed E-state index contributed by atoms with van der Waals surface area (Å²) in [6, 6.07) is 8.80. The highest BCUT2D eigenvalue weighted by Crippen LogP contribution is 2.32. The number of benzene rings is 1. The zero-order valence-corrected chi connectivity index (χ0v) is 9.03. The second-order valence-corrected chi connectivity index (χ2v) is 4.34. The largest absolute Gasteiger partial charge is 0.383 e. The van der Waals surface area contributed by atoms with E-state index in [0.717, 1.165) is 5.01 Å². The van der Waals surface area contributed by atoms with E-state index < -0.39 is 10.2 Å². The van der Waals surface area contributed by atoms with Gasteiger partial charge in [-0.25, -0.2) is 0 Å². The van der Waals surface area contributed by atoms with Crippen molar-refractivity contribution in [1.29, 1.82) is 0 Å². The maximum Gasteiger partial charge on any atom is 0.291 e. The molecule has 78 valence electrons. The van der Waals surface area contributed by atoms with Gasteiger partial charge in [0.05, 0.1) is 5.69 Å². The van der Waals surface area contributed by atoms with Crippen molar-refractivity contribution in [1.82, 2.24) is 0 Å². The predicted octanol–water partition coefficient (Wildman–Crippen LogP) is 1.48. The van der Waals surface area contributed by atoms with Gasteiger partial charge >= 0.3 is 0 Å². The second kappa shape index (κ2) is 3.40. The van der Waals surface area contributed by atoms with Crippen LogP contribution in [0.5, 0.6) is 0 Å². The van der Waals surface area contributed by atoms with Crippen molar-refractivity contribution in [2.75, 3.05) is 5.01 Å². The van der Waals surface area contributed by atoms with Crippen molar-refractivity contribution >= 4 is 40.6 Å². The molecule has 0 saturated heterocycles. The van der Waals surface area contributed by atoms with Crippen LogP contribution in [0.1, 0.15) is 0 Å². The van der Waals surface area contributed by atoms with E-state index in [2.05, 4.69) is 5.10 Å². The summed E-state index contributed by atoms with van der Waals surface area (Å²) < 4.78 is -1.75. The van der Waals surface area contributed by atoms with Gasteiger partial charge in [-0.1, -0.05) is 41.4 Å². The highest BCUT2D eigenvalue weighted by Gasteiger charge is 2.48. The SMILES string of the molecule is NC1=NN(c2ccccc2)C(=O)C1(Cl)Cl. The monoisotopic (exact) mass is 243 g/mol. The molecule has 15 heavy (non-hydrogen) atoms. The zero-order chi connectivity index (χ0) is 11.1. The van der Waals surface area contributed by atoms with E-state index >= 15 is 0 Å². The number of anilines is 1. The van der Waals surface area contributed by atoms with Crippen molar-refractivity contribution in [2.24, 2.45) is 10.8 Å². The van der Waals surface area contributed by atoms with Crippen molar-refractivity contribution in [3.63, 3.8) is 0 Å². The minimum Gasteiger partial charge on any atom is -0.383 e. The number of amides is 1. The first-order valence-electron chi connectivity index (χ1n) is 4.15. The van der Waals surface area contributed by atoms with E-state index in [4.69, 9.17) is 28.9 Å². The number of hydrogen-bond donors (Lipinski definition) is 1. The average Bonchev–Trinajstić information content (AvgIpc) is 2.44. The zero-order valence-electron chi connectivity index (χ0n) is 7.52. The summed E-state index contributed by atoms with van der Waals surface area (Å²) >= 11 is 11.5. The average molecular weight is 244 g/mol. The van der Waals surface area contributed by atoms with Gasteiger partial charge in [0.2, 0.25) is 0 Å². The summed E-state index contributed by atoms with van der Waals surface area (Å²) in [5, 5.41) is 4.90. The molecule has 6 heteroatoms. The molecular formula is C9H7Cl2N3O. The van der Waals surface area contributed by atoms with Gasteiger partial charge in [0.25, 0.3) is 10.2 Å². The summed E-state index contributed by atoms with van der Waals surface area (Å²) in [7, 11) is 0. The highest BCUT2D eigenvalue weighted by atomic mass is 35.5. The van der Waals surface area contributed by atoms with Crippen LogP contribution >= 0.6 is 23.2 Å². The normalized spacial score (nSPS) is 19.2. The minimum atomic E-state index is -1.75. The van der Waals surface area contributed by atoms with Crippen LogP contribution in [0.2, 0.25) is 0 Å². The summed E-state index contributed by atoms with van der Waals surface area (Å²) in [6.07, 6.45) is 0. The number of rotatable bonds is 1. The maximum absolute atomic E-state index is 11.7. The number of carbonyl (C=O) groups excluding carboxylic acids is 1. The Morgan fingerprint density at radius 2 is 1.87 bits per heavy atom. The first kappa shape index (κ1) is 10.3. The number of nitrogens with zero attached hydrogens (tertiary/aromatic N) is 2. The van der Waals surface area contributed by atoms with Crippen LogP contribution in [-0.2, 0) is 4.79 Å². The van der Waals surface area contributed by atoms with Gasteiger partial charge in [-0.05, 0) is 12.1 Å². The Hall–Kier alpha value is -1.26. The van der Waals surface area contributed by atoms with Gasteiger partial charge in [-0.15, -0.1) is 5.10 Å². The smallest absolute Gasteiger partial charge is 0.291 e. The molecule has 4 nitrogen and oxygen atoms in total. The Morgan fingerprint density at radius 1 is 1.27 bits per heavy atom. The van der Waals surface area contributed by atoms with Crippen molar-refractivity contribution in [3.8, 4) is 0 Å². The number of hydrazone groups is 1. The first-order chi connectivity index (χ1) is 7.03. The molecule has 0 radical (unpaired) electrons. The second-order valence-electron chi connectivity index (χ2n) is 3.01. The van der Waals surface area contributed by atoms with Crippen molar-refractivity contribution < 1.29 is 4.79 Å². The molecular weight excluding hydrogens is 237 g/mol. The minimum absolute atomic E-state index is 0.111. The molecule has 0 aliphatic carbocycles. The lowest BCUT2D eigenvalue weighted by molar-refractivity contribution is -0.117. The third kappa shape index (κ3) is 1.56. The Kier molecular flexibility index (Phi) is 2.32. The third-order valence-electron chi connectivity index (χ3n) is 1.99. The molecule has 2 N–H and O–H groups in total. The fraction of sp³-hybridized carbons (Fsp3) is 0.111. The summed E-state index contributed by atoms with van der Waals surface area (Å²) in [4.78, 5) is 11.7. The topological polar surface area (TPSA) is 58.7 Å². The molecule has 1 aliphatic heterocycles. The number of hydrogen-bond acceptors (Lipinski definition) is 3. The molecule has 0 spiro atoms. The van der Waals surface area contributed by atoms with Crippen molar-refractivity contribution in [2.45, 2.75) is 4.33 Å². The van der Waals surface area contributed by atoms with Crippen LogP contribution in [0.4, 0.5) is 5.69 Å². The number of carbonyl (C=O) groups is 1. The van der Waals surface area contributed by atoms with E-state index in [-0.39, 0.29) is 5.84 Å². The summed E-state index contributed by atoms with van der Waals surface area (Å²) in [5.74, 6) is -0.672. The first-order valence-corrected chi connectivity index (χ1v) is 4.91. The third-order valence-corrected chi connectivity index (χ3v) is 2.70. The lowest BCUT2D eigenvalue weighted by Crippen LogP contribution is -2.39. The molecule has 1 amide bonds. The van der Waals surface area contributed by atoms with Crippen LogP contribution < -0.4 is 10.7 Å². The molecule has 0 atom stereocenters. The molecule has 0 unspecified atom stereocenters. The van der Waals surface area contributed by atoms with E-state index in [9.17, 15) is 4.79 Å². The number of para-hydroxylation sites is 1. The van der Waals surface area contributed by atoms with Gasteiger partial charge < -0.3 is 5.73 Å². The van der Waals surface area contributed by atoms with E-state index in [0.29, 0.717) is 5.69 Å². The fourth-order valence-electron chi connectivity index (χ4n) is 1.20. The van der Waals surface area contributed by atoms with E-state index in [1.165, 1.54) is 0 Å². The molecule has 2 rings (SSSR count). The summed E-state index contributed by atoms with van der Waals surface area (Å²) in [6.45, 7) is 0. The fourth-order valence-corrected chi connectivity index (χ4v) is 1.44. The molecule has 0 aromatic heterocycles. The Balaban J connectivity index is 2.40. The number of alkyl halides is 2. The van der Waals surface area contributed by atoms with E-state index in [1.54, 1.807) is 24.3 Å². The Bertz CT molecular complexity index is 430. The molecule has 0 fully saturated rings. The number of amidine groups is 1. The summed E-state index contributed by atoms with van der Waals surface area (Å²) in [5.41, 5.74) is 6.03. The standard InChI is InChI=1S/C9H7Cl2N3O/c10-9(11)7(12)13-14(8(9)15)6-4-2-1-3-5-6/h1-5H,(H2,12,13). The maximum atomic E-state index is 11.7. The molecule has 0 bridgehead atoms. The Morgan fingerprint density at radius 3 is 2.33 bits per heavy atom. The number of halogens is 2. The molecule has 0 saturated carbocycles. The van der Waals surface area contributed by atoms with Gasteiger partial charge in [-0.3, -0.25) is 4.79 Å². The molecule has 1 heterocycles. The van der Waals surface area contributed by atoms with Crippen molar-refractivity contribution in [3.05, 3.63) is 30.3 Å². The molecule has 1 aromatic carbocycles. The quantitative estimate of drug-likeness (QED) is 0.760. The van der Waals surface area contributed by atoms with Gasteiger partial charge in [0, 0.05) is 0 Å². The van der Waals surface area contributed by atoms with Gasteiger partial charge in [0.15, 0.2) is 5.84 Å². The number of nitrogens with two attached hydrogens (primary N) is 1.